The minimum atomic E-state index is 0.739. The first-order valence-electron chi connectivity index (χ1n) is 11.9. The molecular weight excluding hydrogens is 576 g/mol. The highest BCUT2D eigenvalue weighted by molar-refractivity contribution is 9.10. The average molecular weight is 600 g/mol. The van der Waals surface area contributed by atoms with E-state index in [1.54, 1.807) is 0 Å². The standard InChI is InChI=1S/C30H24Br2N4/c1-20-33-26-6-2-4-8-28(26)35(20)19-22-12-15-25(32)23(16-22)17-30-34-27-7-3-5-9-29(27)36(30)18-21-10-13-24(31)14-11-21/h2-16H,17-19H2,1H3. The lowest BCUT2D eigenvalue weighted by Gasteiger charge is -2.13. The van der Waals surface area contributed by atoms with Crippen LogP contribution in [0.3, 0.4) is 0 Å². The number of aryl methyl sites for hydroxylation is 1. The van der Waals surface area contributed by atoms with Crippen LogP contribution in [0.1, 0.15) is 28.3 Å². The van der Waals surface area contributed by atoms with Crippen molar-refractivity contribution in [2.75, 3.05) is 0 Å². The third-order valence-corrected chi connectivity index (χ3v) is 7.93. The van der Waals surface area contributed by atoms with E-state index in [2.05, 4.69) is 133 Å². The third-order valence-electron chi connectivity index (χ3n) is 6.63. The molecule has 0 aliphatic heterocycles. The molecule has 0 spiro atoms. The van der Waals surface area contributed by atoms with Crippen LogP contribution in [-0.4, -0.2) is 19.1 Å². The Morgan fingerprint density at radius 1 is 0.667 bits per heavy atom. The molecule has 0 bridgehead atoms. The Labute approximate surface area is 226 Å². The Bertz CT molecular complexity index is 1700. The lowest BCUT2D eigenvalue weighted by molar-refractivity contribution is 0.758. The molecule has 36 heavy (non-hydrogen) atoms. The van der Waals surface area contributed by atoms with Gasteiger partial charge in [0.2, 0.25) is 0 Å². The van der Waals surface area contributed by atoms with Crippen LogP contribution in [0.2, 0.25) is 0 Å². The lowest BCUT2D eigenvalue weighted by Crippen LogP contribution is -2.07. The minimum Gasteiger partial charge on any atom is -0.324 e. The van der Waals surface area contributed by atoms with Gasteiger partial charge in [0.25, 0.3) is 0 Å². The van der Waals surface area contributed by atoms with E-state index < -0.39 is 0 Å². The van der Waals surface area contributed by atoms with Crippen LogP contribution in [0.4, 0.5) is 0 Å². The van der Waals surface area contributed by atoms with Gasteiger partial charge in [-0.2, -0.15) is 0 Å². The van der Waals surface area contributed by atoms with Crippen molar-refractivity contribution in [3.8, 4) is 0 Å². The van der Waals surface area contributed by atoms with Crippen molar-refractivity contribution in [1.29, 1.82) is 0 Å². The van der Waals surface area contributed by atoms with Crippen LogP contribution >= 0.6 is 31.9 Å². The summed E-state index contributed by atoms with van der Waals surface area (Å²) >= 11 is 7.35. The number of fused-ring (bicyclic) bond motifs is 2. The third kappa shape index (κ3) is 4.51. The molecule has 0 atom stereocenters. The van der Waals surface area contributed by atoms with Gasteiger partial charge in [-0.05, 0) is 66.1 Å². The molecule has 4 aromatic carbocycles. The Morgan fingerprint density at radius 3 is 2.03 bits per heavy atom. The topological polar surface area (TPSA) is 35.6 Å². The number of imidazole rings is 2. The van der Waals surface area contributed by atoms with Crippen molar-refractivity contribution in [3.63, 3.8) is 0 Å². The molecule has 0 unspecified atom stereocenters. The molecule has 0 saturated heterocycles. The average Bonchev–Trinajstić information content (AvgIpc) is 3.39. The number of hydrogen-bond acceptors (Lipinski definition) is 2. The smallest absolute Gasteiger partial charge is 0.114 e. The largest absolute Gasteiger partial charge is 0.324 e. The fourth-order valence-corrected chi connectivity index (χ4v) is 5.47. The van der Waals surface area contributed by atoms with E-state index in [9.17, 15) is 0 Å². The maximum Gasteiger partial charge on any atom is 0.114 e. The quantitative estimate of drug-likeness (QED) is 0.195. The van der Waals surface area contributed by atoms with Crippen molar-refractivity contribution < 1.29 is 0 Å². The number of aromatic nitrogens is 4. The van der Waals surface area contributed by atoms with Gasteiger partial charge < -0.3 is 9.13 Å². The Kier molecular flexibility index (Phi) is 6.23. The number of para-hydroxylation sites is 4. The van der Waals surface area contributed by atoms with Gasteiger partial charge in [0.1, 0.15) is 11.6 Å². The van der Waals surface area contributed by atoms with Crippen LogP contribution < -0.4 is 0 Å². The summed E-state index contributed by atoms with van der Waals surface area (Å²) in [7, 11) is 0. The first-order chi connectivity index (χ1) is 17.5. The Balaban J connectivity index is 1.36. The molecule has 6 heteroatoms. The van der Waals surface area contributed by atoms with Gasteiger partial charge in [-0.25, -0.2) is 9.97 Å². The van der Waals surface area contributed by atoms with E-state index in [1.165, 1.54) is 16.7 Å². The summed E-state index contributed by atoms with van der Waals surface area (Å²) in [6.07, 6.45) is 0.739. The van der Waals surface area contributed by atoms with Gasteiger partial charge in [0, 0.05) is 28.5 Å². The second kappa shape index (κ2) is 9.68. The molecule has 0 saturated carbocycles. The summed E-state index contributed by atoms with van der Waals surface area (Å²) in [6.45, 7) is 3.63. The number of nitrogens with zero attached hydrogens (tertiary/aromatic N) is 4. The number of rotatable bonds is 6. The van der Waals surface area contributed by atoms with Crippen LogP contribution in [0, 0.1) is 6.92 Å². The molecule has 2 aromatic heterocycles. The molecule has 0 fully saturated rings. The Hall–Kier alpha value is -3.22. The van der Waals surface area contributed by atoms with Crippen LogP contribution in [-0.2, 0) is 19.5 Å². The van der Waals surface area contributed by atoms with Crippen molar-refractivity contribution in [2.45, 2.75) is 26.4 Å². The maximum atomic E-state index is 5.04. The van der Waals surface area contributed by atoms with Gasteiger partial charge in [-0.15, -0.1) is 0 Å². The maximum absolute atomic E-state index is 5.04. The second-order valence-corrected chi connectivity index (χ2v) is 10.8. The minimum absolute atomic E-state index is 0.739. The van der Waals surface area contributed by atoms with Gasteiger partial charge in [0.05, 0.1) is 22.1 Å². The van der Waals surface area contributed by atoms with E-state index in [0.717, 1.165) is 62.2 Å². The van der Waals surface area contributed by atoms with Crippen molar-refractivity contribution >= 4 is 53.9 Å². The highest BCUT2D eigenvalue weighted by Gasteiger charge is 2.14. The van der Waals surface area contributed by atoms with Gasteiger partial charge >= 0.3 is 0 Å². The molecule has 2 heterocycles. The molecule has 0 aliphatic carbocycles. The highest BCUT2D eigenvalue weighted by atomic mass is 79.9. The zero-order valence-corrected chi connectivity index (χ0v) is 23.0. The molecule has 6 aromatic rings. The fraction of sp³-hybridized carbons (Fsp3) is 0.133. The number of hydrogen-bond donors (Lipinski definition) is 0. The Morgan fingerprint density at radius 2 is 1.28 bits per heavy atom. The van der Waals surface area contributed by atoms with Crippen LogP contribution in [0.25, 0.3) is 22.1 Å². The van der Waals surface area contributed by atoms with Crippen LogP contribution in [0.5, 0.6) is 0 Å². The molecular formula is C30H24Br2N4. The molecule has 0 amide bonds. The number of halogens is 2. The number of benzene rings is 4. The van der Waals surface area contributed by atoms with Crippen molar-refractivity contribution in [2.24, 2.45) is 0 Å². The lowest BCUT2D eigenvalue weighted by atomic mass is 10.1. The van der Waals surface area contributed by atoms with E-state index in [1.807, 2.05) is 6.07 Å². The van der Waals surface area contributed by atoms with E-state index >= 15 is 0 Å². The van der Waals surface area contributed by atoms with Gasteiger partial charge in [0.15, 0.2) is 0 Å². The zero-order chi connectivity index (χ0) is 24.6. The summed E-state index contributed by atoms with van der Waals surface area (Å²) in [5, 5.41) is 0. The predicted molar refractivity (Wildman–Crippen MR) is 153 cm³/mol. The molecule has 6 rings (SSSR count). The summed E-state index contributed by atoms with van der Waals surface area (Å²) in [5.74, 6) is 2.08. The second-order valence-electron chi connectivity index (χ2n) is 9.07. The molecule has 0 aliphatic rings. The fourth-order valence-electron chi connectivity index (χ4n) is 4.82. The molecule has 4 nitrogen and oxygen atoms in total. The predicted octanol–water partition coefficient (Wildman–Crippen LogP) is 7.91. The highest BCUT2D eigenvalue weighted by Crippen LogP contribution is 2.26. The van der Waals surface area contributed by atoms with Gasteiger partial charge in [-0.3, -0.25) is 0 Å². The van der Waals surface area contributed by atoms with E-state index in [0.29, 0.717) is 0 Å². The summed E-state index contributed by atoms with van der Waals surface area (Å²) in [5.41, 5.74) is 8.10. The normalized spacial score (nSPS) is 11.5. The first-order valence-corrected chi connectivity index (χ1v) is 13.5. The molecule has 0 N–H and O–H groups in total. The first kappa shape index (κ1) is 23.2. The van der Waals surface area contributed by atoms with Crippen molar-refractivity contribution in [1.82, 2.24) is 19.1 Å². The van der Waals surface area contributed by atoms with E-state index in [4.69, 9.17) is 9.97 Å². The summed E-state index contributed by atoms with van der Waals surface area (Å²) < 4.78 is 6.81. The monoisotopic (exact) mass is 598 g/mol. The summed E-state index contributed by atoms with van der Waals surface area (Å²) in [6, 6.07) is 31.9. The van der Waals surface area contributed by atoms with Crippen LogP contribution in [0.15, 0.2) is 99.9 Å². The summed E-state index contributed by atoms with van der Waals surface area (Å²) in [4.78, 5) is 9.78. The van der Waals surface area contributed by atoms with Crippen molar-refractivity contribution in [3.05, 3.63) is 128 Å². The molecule has 178 valence electrons. The van der Waals surface area contributed by atoms with E-state index in [-0.39, 0.29) is 0 Å². The SMILES string of the molecule is Cc1nc2ccccc2n1Cc1ccc(Br)c(Cc2nc3ccccc3n2Cc2ccc(Br)cc2)c1. The van der Waals surface area contributed by atoms with Gasteiger partial charge in [-0.1, -0.05) is 80.4 Å². The zero-order valence-electron chi connectivity index (χ0n) is 19.8. The molecule has 0 radical (unpaired) electrons.